The third-order valence-electron chi connectivity index (χ3n) is 12.6. The lowest BCUT2D eigenvalue weighted by molar-refractivity contribution is -0.142. The number of carbonyl (C=O) groups excluding carboxylic acids is 3. The number of rotatable bonds is 20. The summed E-state index contributed by atoms with van der Waals surface area (Å²) in [5, 5.41) is 0.722. The third-order valence-corrected chi connectivity index (χ3v) is 14.8. The van der Waals surface area contributed by atoms with Gasteiger partial charge in [0.1, 0.15) is 23.4 Å². The number of aromatic nitrogens is 1. The van der Waals surface area contributed by atoms with Gasteiger partial charge in [0, 0.05) is 41.8 Å². The van der Waals surface area contributed by atoms with Crippen LogP contribution in [-0.2, 0) is 30.8 Å². The molecule has 0 unspecified atom stereocenters. The number of ether oxygens (including phenoxy) is 2. The van der Waals surface area contributed by atoms with Crippen molar-refractivity contribution in [2.45, 2.75) is 94.4 Å². The molecule has 3 aromatic carbocycles. The second-order valence-electron chi connectivity index (χ2n) is 16.9. The first-order valence-electron chi connectivity index (χ1n) is 20.9. The summed E-state index contributed by atoms with van der Waals surface area (Å²) >= 11 is 0. The highest BCUT2D eigenvalue weighted by atomic mass is 32.2. The number of ketones is 1. The van der Waals surface area contributed by atoms with Crippen molar-refractivity contribution in [1.82, 2.24) is 14.6 Å². The number of nitrogens with zero attached hydrogens (tertiary/aromatic N) is 2. The molecular formula is C48H54FN3O7S. The van der Waals surface area contributed by atoms with Crippen LogP contribution < -0.4 is 14.2 Å². The van der Waals surface area contributed by atoms with Crippen molar-refractivity contribution in [2.75, 3.05) is 13.7 Å². The lowest BCUT2D eigenvalue weighted by Crippen LogP contribution is -2.47. The highest BCUT2D eigenvalue weighted by molar-refractivity contribution is 7.91. The Bertz CT molecular complexity index is 2380. The molecule has 1 aromatic heterocycles. The molecule has 12 heteroatoms. The van der Waals surface area contributed by atoms with Crippen LogP contribution in [-0.4, -0.2) is 66.4 Å². The fourth-order valence-electron chi connectivity index (χ4n) is 8.53. The molecule has 2 saturated carbocycles. The Balaban J connectivity index is 1.21. The molecule has 1 saturated heterocycles. The predicted octanol–water partition coefficient (Wildman–Crippen LogP) is 8.54. The van der Waals surface area contributed by atoms with Gasteiger partial charge in [-0.15, -0.1) is 13.2 Å². The Hall–Kier alpha value is -5.36. The number of unbranched alkanes of at least 4 members (excludes halogenated alkanes) is 3. The van der Waals surface area contributed by atoms with Crippen molar-refractivity contribution in [3.8, 4) is 22.8 Å². The first-order valence-corrected chi connectivity index (χ1v) is 22.4. The Morgan fingerprint density at radius 2 is 1.80 bits per heavy atom. The van der Waals surface area contributed by atoms with Crippen LogP contribution in [0.25, 0.3) is 22.2 Å². The largest absolute Gasteiger partial charge is 0.497 e. The van der Waals surface area contributed by atoms with Crippen molar-refractivity contribution >= 4 is 38.5 Å². The molecule has 1 N–H and O–H groups in total. The van der Waals surface area contributed by atoms with E-state index in [2.05, 4.69) is 17.9 Å². The smallest absolute Gasteiger partial charge is 0.240 e. The number of amides is 2. The number of benzene rings is 3. The van der Waals surface area contributed by atoms with Crippen molar-refractivity contribution in [3.05, 3.63) is 116 Å². The minimum atomic E-state index is -3.96. The van der Waals surface area contributed by atoms with Crippen LogP contribution in [0.5, 0.6) is 11.5 Å². The van der Waals surface area contributed by atoms with E-state index in [-0.39, 0.29) is 43.9 Å². The highest BCUT2D eigenvalue weighted by Gasteiger charge is 2.62. The van der Waals surface area contributed by atoms with Gasteiger partial charge < -0.3 is 14.4 Å². The number of likely N-dealkylation sites (tertiary alicyclic amines) is 1. The van der Waals surface area contributed by atoms with Crippen LogP contribution in [0.2, 0.25) is 0 Å². The van der Waals surface area contributed by atoms with E-state index in [1.165, 1.54) is 12.1 Å². The zero-order chi connectivity index (χ0) is 42.7. The summed E-state index contributed by atoms with van der Waals surface area (Å²) in [6.45, 7) is 9.38. The summed E-state index contributed by atoms with van der Waals surface area (Å²) in [6, 6.07) is 22.3. The Morgan fingerprint density at radius 1 is 1.02 bits per heavy atom. The van der Waals surface area contributed by atoms with Gasteiger partial charge in [-0.1, -0.05) is 67.5 Å². The Labute approximate surface area is 352 Å². The second-order valence-corrected chi connectivity index (χ2v) is 19.1. The molecule has 5 atom stereocenters. The van der Waals surface area contributed by atoms with Crippen LogP contribution in [0.3, 0.4) is 0 Å². The number of hydrogen-bond acceptors (Lipinski definition) is 8. The molecule has 2 amide bonds. The highest BCUT2D eigenvalue weighted by Crippen LogP contribution is 2.57. The lowest BCUT2D eigenvalue weighted by Gasteiger charge is -2.29. The average Bonchev–Trinajstić information content (AvgIpc) is 4.13. The molecule has 3 aliphatic rings. The summed E-state index contributed by atoms with van der Waals surface area (Å²) in [6.07, 6.45) is 8.07. The number of pyridine rings is 1. The fraction of sp³-hybridized carbons (Fsp3) is 0.417. The quantitative estimate of drug-likeness (QED) is 0.0693. The van der Waals surface area contributed by atoms with Gasteiger partial charge in [0.05, 0.1) is 41.1 Å². The average molecular weight is 836 g/mol. The zero-order valence-corrected chi connectivity index (χ0v) is 35.2. The monoisotopic (exact) mass is 835 g/mol. The molecule has 3 fully saturated rings. The molecule has 0 bridgehead atoms. The summed E-state index contributed by atoms with van der Waals surface area (Å²) in [5.41, 5.74) is 1.56. The summed E-state index contributed by atoms with van der Waals surface area (Å²) in [5.74, 6) is -1.54. The van der Waals surface area contributed by atoms with E-state index in [4.69, 9.17) is 14.5 Å². The van der Waals surface area contributed by atoms with E-state index in [9.17, 15) is 27.2 Å². The van der Waals surface area contributed by atoms with Gasteiger partial charge >= 0.3 is 0 Å². The molecule has 10 nitrogen and oxygen atoms in total. The number of nitrogens with one attached hydrogen (secondary N) is 1. The SMILES string of the molecule is C=CCCCCC[C@H](Cc1cccc(F)c1)C(=O)N1C[C@H](Oc2cc(-c3ccccc3)nc3cc(OC)ccc23)C[C@H]1C(=O)C[C@]1(C(=O)NS(=O)(=O)C2(C)CC2)C[C@H]1C=C. The summed E-state index contributed by atoms with van der Waals surface area (Å²) in [7, 11) is -2.38. The predicted molar refractivity (Wildman–Crippen MR) is 230 cm³/mol. The molecule has 0 spiro atoms. The number of methoxy groups -OCH3 is 1. The lowest BCUT2D eigenvalue weighted by atomic mass is 9.89. The van der Waals surface area contributed by atoms with Crippen LogP contribution in [0, 0.1) is 23.1 Å². The van der Waals surface area contributed by atoms with Crippen LogP contribution in [0.4, 0.5) is 4.39 Å². The number of allylic oxidation sites excluding steroid dienone is 2. The van der Waals surface area contributed by atoms with Gasteiger partial charge in [-0.25, -0.2) is 17.8 Å². The Morgan fingerprint density at radius 3 is 2.48 bits per heavy atom. The molecule has 60 heavy (non-hydrogen) atoms. The minimum Gasteiger partial charge on any atom is -0.497 e. The summed E-state index contributed by atoms with van der Waals surface area (Å²) < 4.78 is 54.4. The summed E-state index contributed by atoms with van der Waals surface area (Å²) in [4.78, 5) is 50.0. The van der Waals surface area contributed by atoms with Gasteiger partial charge in [-0.3, -0.25) is 19.1 Å². The molecule has 4 aromatic rings. The van der Waals surface area contributed by atoms with Crippen molar-refractivity contribution in [1.29, 1.82) is 0 Å². The maximum Gasteiger partial charge on any atom is 0.240 e. The molecule has 1 aliphatic heterocycles. The van der Waals surface area contributed by atoms with Gasteiger partial charge in [-0.2, -0.15) is 0 Å². The second kappa shape index (κ2) is 17.7. The number of halogens is 1. The number of hydrogen-bond donors (Lipinski definition) is 1. The van der Waals surface area contributed by atoms with E-state index in [0.717, 1.165) is 36.6 Å². The first kappa shape index (κ1) is 42.8. The van der Waals surface area contributed by atoms with Crippen LogP contribution >= 0.6 is 0 Å². The number of fused-ring (bicyclic) bond motifs is 1. The number of Topliss-reactive ketones (excluding diaryl/α,β-unsaturated/α-hetero) is 1. The van der Waals surface area contributed by atoms with E-state index in [1.54, 1.807) is 37.1 Å². The molecular weight excluding hydrogens is 782 g/mol. The van der Waals surface area contributed by atoms with E-state index < -0.39 is 55.9 Å². The van der Waals surface area contributed by atoms with Crippen molar-refractivity contribution in [3.63, 3.8) is 0 Å². The maximum atomic E-state index is 14.9. The van der Waals surface area contributed by atoms with Crippen molar-refractivity contribution < 1.29 is 36.7 Å². The fourth-order valence-corrected chi connectivity index (χ4v) is 9.86. The minimum absolute atomic E-state index is 0.0861. The third kappa shape index (κ3) is 9.18. The first-order chi connectivity index (χ1) is 28.8. The molecule has 0 radical (unpaired) electrons. The zero-order valence-electron chi connectivity index (χ0n) is 34.4. The topological polar surface area (TPSA) is 132 Å². The normalized spacial score (nSPS) is 22.1. The maximum absolute atomic E-state index is 14.9. The van der Waals surface area contributed by atoms with E-state index in [1.807, 2.05) is 60.7 Å². The van der Waals surface area contributed by atoms with Gasteiger partial charge in [0.15, 0.2) is 5.78 Å². The molecule has 2 heterocycles. The van der Waals surface area contributed by atoms with Crippen molar-refractivity contribution in [2.24, 2.45) is 17.3 Å². The van der Waals surface area contributed by atoms with Gasteiger partial charge in [-0.05, 0) is 87.6 Å². The molecule has 7 rings (SSSR count). The number of carbonyl (C=O) groups is 3. The Kier molecular flexibility index (Phi) is 12.6. The number of sulfonamides is 1. The van der Waals surface area contributed by atoms with Crippen LogP contribution in [0.15, 0.2) is 104 Å². The van der Waals surface area contributed by atoms with Crippen LogP contribution in [0.1, 0.15) is 76.7 Å². The van der Waals surface area contributed by atoms with E-state index >= 15 is 0 Å². The van der Waals surface area contributed by atoms with Gasteiger partial charge in [0.2, 0.25) is 21.8 Å². The standard InChI is InChI=1S/C48H54FN3O7S/c1-5-7-8-9-11-18-34(24-32-15-14-19-36(49)25-32)45(54)52-31-38(59-44-28-40(33-16-12-10-13-17-33)50-41-26-37(58-4)20-21-39(41)44)27-42(52)43(53)30-48(29-35(48)6-2)46(55)51-60(56,57)47(3)22-23-47/h5-6,10,12-17,19-21,25-26,28,34-35,38,42H,1-2,7-9,11,18,22-24,27,29-31H2,3-4H3,(H,51,55)/t34-,35-,38-,42+,48-/m1/s1. The molecule has 2 aliphatic carbocycles. The van der Waals surface area contributed by atoms with Gasteiger partial charge in [0.25, 0.3) is 0 Å². The van der Waals surface area contributed by atoms with E-state index in [0.29, 0.717) is 47.5 Å². The molecule has 316 valence electrons.